The van der Waals surface area contributed by atoms with E-state index in [4.69, 9.17) is 0 Å². The molecule has 2 fully saturated rings. The van der Waals surface area contributed by atoms with Gasteiger partial charge in [-0.15, -0.1) is 0 Å². The largest absolute Gasteiger partial charge is 0.300 e. The third kappa shape index (κ3) is 4.92. The SMILES string of the molecule is C.CC.CCC1CC(=O)N(CC2CCC(C(C)=O)CC2)C1=O. The van der Waals surface area contributed by atoms with Gasteiger partial charge in [-0.05, 0) is 44.9 Å². The van der Waals surface area contributed by atoms with E-state index in [0.29, 0.717) is 18.9 Å². The number of hydrogen-bond donors (Lipinski definition) is 0. The summed E-state index contributed by atoms with van der Waals surface area (Å²) < 4.78 is 0. The molecule has 22 heavy (non-hydrogen) atoms. The third-order valence-corrected chi connectivity index (χ3v) is 4.69. The number of nitrogens with zero attached hydrogens (tertiary/aromatic N) is 1. The first kappa shape index (κ1) is 20.8. The van der Waals surface area contributed by atoms with E-state index in [9.17, 15) is 14.4 Å². The molecular weight excluding hydrogens is 278 g/mol. The summed E-state index contributed by atoms with van der Waals surface area (Å²) in [6.45, 7) is 8.18. The van der Waals surface area contributed by atoms with Crippen molar-refractivity contribution in [2.45, 2.75) is 73.6 Å². The standard InChI is InChI=1S/C15H23NO3.C2H6.CH4/c1-3-12-8-14(18)16(15(12)19)9-11-4-6-13(7-5-11)10(2)17;1-2;/h11-13H,3-9H2,1-2H3;1-2H3;1H4. The van der Waals surface area contributed by atoms with Crippen LogP contribution < -0.4 is 0 Å². The van der Waals surface area contributed by atoms with Crippen LogP contribution in [0.4, 0.5) is 0 Å². The summed E-state index contributed by atoms with van der Waals surface area (Å²) in [5.41, 5.74) is 0. The van der Waals surface area contributed by atoms with Gasteiger partial charge >= 0.3 is 0 Å². The quantitative estimate of drug-likeness (QED) is 0.741. The average molecular weight is 311 g/mol. The van der Waals surface area contributed by atoms with Crippen molar-refractivity contribution in [1.82, 2.24) is 4.90 Å². The molecule has 2 rings (SSSR count). The fourth-order valence-corrected chi connectivity index (χ4v) is 3.27. The first-order valence-corrected chi connectivity index (χ1v) is 8.37. The summed E-state index contributed by atoms with van der Waals surface area (Å²) in [5, 5.41) is 0. The highest BCUT2D eigenvalue weighted by atomic mass is 16.2. The zero-order chi connectivity index (χ0) is 16.0. The smallest absolute Gasteiger partial charge is 0.232 e. The lowest BCUT2D eigenvalue weighted by atomic mass is 9.80. The van der Waals surface area contributed by atoms with Crippen LogP contribution in [0.5, 0.6) is 0 Å². The van der Waals surface area contributed by atoms with Crippen LogP contribution in [-0.4, -0.2) is 29.0 Å². The molecule has 1 unspecified atom stereocenters. The van der Waals surface area contributed by atoms with E-state index >= 15 is 0 Å². The minimum atomic E-state index is -0.0962. The summed E-state index contributed by atoms with van der Waals surface area (Å²) in [6.07, 6.45) is 4.87. The maximum atomic E-state index is 12.0. The van der Waals surface area contributed by atoms with Crippen LogP contribution in [0.1, 0.15) is 73.6 Å². The lowest BCUT2D eigenvalue weighted by Crippen LogP contribution is -2.36. The van der Waals surface area contributed by atoms with Gasteiger partial charge < -0.3 is 0 Å². The van der Waals surface area contributed by atoms with E-state index < -0.39 is 0 Å². The first-order valence-electron chi connectivity index (χ1n) is 8.37. The molecular formula is C18H33NO3. The number of imide groups is 1. The second-order valence-electron chi connectivity index (χ2n) is 5.98. The molecule has 1 saturated carbocycles. The molecule has 0 spiro atoms. The average Bonchev–Trinajstić information content (AvgIpc) is 2.77. The highest BCUT2D eigenvalue weighted by Gasteiger charge is 2.38. The molecule has 1 aliphatic carbocycles. The Morgan fingerprint density at radius 1 is 1.14 bits per heavy atom. The molecule has 0 aromatic rings. The summed E-state index contributed by atoms with van der Waals surface area (Å²) in [7, 11) is 0. The molecule has 128 valence electrons. The minimum Gasteiger partial charge on any atom is -0.300 e. The Balaban J connectivity index is 0.00000141. The van der Waals surface area contributed by atoms with Gasteiger partial charge in [0.05, 0.1) is 0 Å². The molecule has 2 aliphatic rings. The zero-order valence-corrected chi connectivity index (χ0v) is 13.9. The molecule has 0 radical (unpaired) electrons. The Kier molecular flexibility index (Phi) is 9.22. The molecule has 1 saturated heterocycles. The fraction of sp³-hybridized carbons (Fsp3) is 0.833. The van der Waals surface area contributed by atoms with Gasteiger partial charge in [0.25, 0.3) is 0 Å². The third-order valence-electron chi connectivity index (χ3n) is 4.69. The Hall–Kier alpha value is -1.19. The van der Waals surface area contributed by atoms with Crippen LogP contribution in [0, 0.1) is 17.8 Å². The Morgan fingerprint density at radius 2 is 1.68 bits per heavy atom. The summed E-state index contributed by atoms with van der Waals surface area (Å²) in [6, 6.07) is 0. The molecule has 0 aromatic carbocycles. The van der Waals surface area contributed by atoms with Crippen molar-refractivity contribution in [3.8, 4) is 0 Å². The summed E-state index contributed by atoms with van der Waals surface area (Å²) in [5.74, 6) is 0.773. The van der Waals surface area contributed by atoms with Crippen LogP contribution in [0.2, 0.25) is 0 Å². The minimum absolute atomic E-state index is 0. The van der Waals surface area contributed by atoms with E-state index in [1.807, 2.05) is 20.8 Å². The molecule has 4 heteroatoms. The number of rotatable bonds is 4. The van der Waals surface area contributed by atoms with Gasteiger partial charge in [-0.1, -0.05) is 28.2 Å². The molecule has 0 bridgehead atoms. The second-order valence-corrected chi connectivity index (χ2v) is 5.98. The van der Waals surface area contributed by atoms with Gasteiger partial charge in [0.1, 0.15) is 5.78 Å². The van der Waals surface area contributed by atoms with Gasteiger partial charge in [0.2, 0.25) is 11.8 Å². The van der Waals surface area contributed by atoms with Crippen LogP contribution in [0.15, 0.2) is 0 Å². The monoisotopic (exact) mass is 311 g/mol. The highest BCUT2D eigenvalue weighted by molar-refractivity contribution is 6.03. The van der Waals surface area contributed by atoms with Crippen molar-refractivity contribution < 1.29 is 14.4 Å². The van der Waals surface area contributed by atoms with Gasteiger partial charge in [0, 0.05) is 24.8 Å². The van der Waals surface area contributed by atoms with Crippen LogP contribution in [-0.2, 0) is 14.4 Å². The van der Waals surface area contributed by atoms with Crippen LogP contribution in [0.25, 0.3) is 0 Å². The summed E-state index contributed by atoms with van der Waals surface area (Å²) >= 11 is 0. The molecule has 1 aliphatic heterocycles. The van der Waals surface area contributed by atoms with Gasteiger partial charge in [-0.2, -0.15) is 0 Å². The fourth-order valence-electron chi connectivity index (χ4n) is 3.27. The second kappa shape index (κ2) is 9.75. The predicted octanol–water partition coefficient (Wildman–Crippen LogP) is 3.83. The van der Waals surface area contributed by atoms with Gasteiger partial charge in [-0.25, -0.2) is 0 Å². The van der Waals surface area contributed by atoms with Gasteiger partial charge in [0.15, 0.2) is 0 Å². The normalized spacial score (nSPS) is 27.8. The predicted molar refractivity (Wildman–Crippen MR) is 89.3 cm³/mol. The molecule has 0 aromatic heterocycles. The maximum absolute atomic E-state index is 12.0. The number of carbonyl (C=O) groups is 3. The van der Waals surface area contributed by atoms with Crippen LogP contribution >= 0.6 is 0 Å². The van der Waals surface area contributed by atoms with E-state index in [1.54, 1.807) is 6.92 Å². The maximum Gasteiger partial charge on any atom is 0.232 e. The Labute approximate surface area is 135 Å². The van der Waals surface area contributed by atoms with E-state index in [2.05, 4.69) is 0 Å². The first-order chi connectivity index (χ1) is 10.0. The van der Waals surface area contributed by atoms with E-state index in [0.717, 1.165) is 32.1 Å². The molecule has 2 amide bonds. The number of Topliss-reactive ketones (excluding diaryl/α,β-unsaturated/α-hetero) is 1. The van der Waals surface area contributed by atoms with Crippen molar-refractivity contribution >= 4 is 17.6 Å². The van der Waals surface area contributed by atoms with Crippen molar-refractivity contribution in [2.75, 3.05) is 6.54 Å². The van der Waals surface area contributed by atoms with Crippen molar-refractivity contribution in [2.24, 2.45) is 17.8 Å². The van der Waals surface area contributed by atoms with Crippen molar-refractivity contribution in [3.63, 3.8) is 0 Å². The van der Waals surface area contributed by atoms with Crippen molar-refractivity contribution in [3.05, 3.63) is 0 Å². The number of carbonyl (C=O) groups excluding carboxylic acids is 3. The topological polar surface area (TPSA) is 54.5 Å². The summed E-state index contributed by atoms with van der Waals surface area (Å²) in [4.78, 5) is 36.7. The molecule has 1 atom stereocenters. The van der Waals surface area contributed by atoms with E-state index in [1.165, 1.54) is 4.90 Å². The van der Waals surface area contributed by atoms with E-state index in [-0.39, 0.29) is 36.9 Å². The Morgan fingerprint density at radius 3 is 2.09 bits per heavy atom. The number of likely N-dealkylation sites (tertiary alicyclic amines) is 1. The van der Waals surface area contributed by atoms with Crippen LogP contribution in [0.3, 0.4) is 0 Å². The number of ketones is 1. The molecule has 0 N–H and O–H groups in total. The number of amides is 2. The lowest BCUT2D eigenvalue weighted by Gasteiger charge is -2.29. The lowest BCUT2D eigenvalue weighted by molar-refractivity contribution is -0.140. The Bertz CT molecular complexity index is 384. The molecule has 1 heterocycles. The number of hydrogen-bond acceptors (Lipinski definition) is 3. The highest BCUT2D eigenvalue weighted by Crippen LogP contribution is 2.32. The van der Waals surface area contributed by atoms with Gasteiger partial charge in [-0.3, -0.25) is 19.3 Å². The molecule has 4 nitrogen and oxygen atoms in total. The van der Waals surface area contributed by atoms with Crippen molar-refractivity contribution in [1.29, 1.82) is 0 Å². The zero-order valence-electron chi connectivity index (χ0n) is 13.9.